The third-order valence-corrected chi connectivity index (χ3v) is 5.19. The Morgan fingerprint density at radius 2 is 2.03 bits per heavy atom. The second-order valence-corrected chi connectivity index (χ2v) is 8.37. The summed E-state index contributed by atoms with van der Waals surface area (Å²) in [5.74, 6) is -0.0989. The first-order valence-electron chi connectivity index (χ1n) is 10.1. The molecule has 1 aromatic carbocycles. The number of carbonyl (C=O) groups excluding carboxylic acids is 3. The number of rotatable bonds is 10. The molecule has 0 aliphatic carbocycles. The number of ether oxygens (including phenoxy) is 2. The van der Waals surface area contributed by atoms with Crippen molar-refractivity contribution in [3.8, 4) is 5.75 Å². The van der Waals surface area contributed by atoms with E-state index in [9.17, 15) is 14.4 Å². The van der Waals surface area contributed by atoms with Crippen molar-refractivity contribution < 1.29 is 23.9 Å². The molecular weight excluding hydrogens is 431 g/mol. The number of amides is 2. The predicted molar refractivity (Wildman–Crippen MR) is 115 cm³/mol. The van der Waals surface area contributed by atoms with E-state index in [1.807, 2.05) is 13.8 Å². The van der Waals surface area contributed by atoms with Crippen molar-refractivity contribution in [3.05, 3.63) is 28.2 Å². The lowest BCUT2D eigenvalue weighted by Crippen LogP contribution is -2.57. The summed E-state index contributed by atoms with van der Waals surface area (Å²) < 4.78 is 10.8. The number of esters is 1. The lowest BCUT2D eigenvalue weighted by atomic mass is 10.1. The fourth-order valence-electron chi connectivity index (χ4n) is 2.98. The van der Waals surface area contributed by atoms with Crippen LogP contribution in [0, 0.1) is 5.92 Å². The van der Waals surface area contributed by atoms with Gasteiger partial charge in [-0.3, -0.25) is 14.4 Å². The van der Waals surface area contributed by atoms with Crippen LogP contribution in [0.25, 0.3) is 0 Å². The van der Waals surface area contributed by atoms with Crippen LogP contribution in [0.4, 0.5) is 0 Å². The molecule has 166 valence electrons. The molecule has 1 N–H and O–H groups in total. The fourth-order valence-corrected chi connectivity index (χ4v) is 3.45. The van der Waals surface area contributed by atoms with Gasteiger partial charge >= 0.3 is 5.97 Å². The quantitative estimate of drug-likeness (QED) is 0.428. The SMILES string of the molecule is CC(C)CCOC(=O)CC1C(=O)NCCN1C(=O)CCCOc1ccc(Cl)cc1Cl. The Kier molecular flexibility index (Phi) is 9.72. The minimum Gasteiger partial charge on any atom is -0.492 e. The van der Waals surface area contributed by atoms with Crippen molar-refractivity contribution in [1.82, 2.24) is 10.2 Å². The third kappa shape index (κ3) is 7.69. The van der Waals surface area contributed by atoms with Crippen molar-refractivity contribution in [2.24, 2.45) is 5.92 Å². The molecular formula is C21H28Cl2N2O5. The number of benzene rings is 1. The molecule has 1 unspecified atom stereocenters. The summed E-state index contributed by atoms with van der Waals surface area (Å²) in [6.07, 6.45) is 1.24. The van der Waals surface area contributed by atoms with Crippen LogP contribution in [0.2, 0.25) is 10.0 Å². The molecule has 0 bridgehead atoms. The molecule has 30 heavy (non-hydrogen) atoms. The average Bonchev–Trinajstić information content (AvgIpc) is 2.67. The highest BCUT2D eigenvalue weighted by Crippen LogP contribution is 2.27. The van der Waals surface area contributed by atoms with Crippen LogP contribution in [-0.4, -0.2) is 55.0 Å². The van der Waals surface area contributed by atoms with Crippen LogP contribution in [-0.2, 0) is 19.1 Å². The van der Waals surface area contributed by atoms with Gasteiger partial charge in [-0.25, -0.2) is 0 Å². The van der Waals surface area contributed by atoms with E-state index in [4.69, 9.17) is 32.7 Å². The number of nitrogens with zero attached hydrogens (tertiary/aromatic N) is 1. The number of piperazine rings is 1. The zero-order chi connectivity index (χ0) is 22.1. The zero-order valence-electron chi connectivity index (χ0n) is 17.3. The van der Waals surface area contributed by atoms with E-state index >= 15 is 0 Å². The van der Waals surface area contributed by atoms with Crippen molar-refractivity contribution in [2.45, 2.75) is 45.6 Å². The van der Waals surface area contributed by atoms with Gasteiger partial charge in [0.1, 0.15) is 11.8 Å². The van der Waals surface area contributed by atoms with Gasteiger partial charge in [0.05, 0.1) is 24.7 Å². The minimum atomic E-state index is -0.843. The first-order valence-corrected chi connectivity index (χ1v) is 10.8. The highest BCUT2D eigenvalue weighted by molar-refractivity contribution is 6.35. The molecule has 0 spiro atoms. The second kappa shape index (κ2) is 12.0. The Bertz CT molecular complexity index is 757. The van der Waals surface area contributed by atoms with Gasteiger partial charge in [-0.15, -0.1) is 0 Å². The Morgan fingerprint density at radius 3 is 2.73 bits per heavy atom. The highest BCUT2D eigenvalue weighted by Gasteiger charge is 2.34. The van der Waals surface area contributed by atoms with Gasteiger partial charge in [0.15, 0.2) is 0 Å². The van der Waals surface area contributed by atoms with Gasteiger partial charge in [-0.05, 0) is 37.0 Å². The summed E-state index contributed by atoms with van der Waals surface area (Å²) in [5, 5.41) is 3.62. The molecule has 7 nitrogen and oxygen atoms in total. The van der Waals surface area contributed by atoms with E-state index in [1.165, 1.54) is 4.90 Å². The maximum atomic E-state index is 12.7. The lowest BCUT2D eigenvalue weighted by Gasteiger charge is -2.34. The van der Waals surface area contributed by atoms with Gasteiger partial charge in [-0.2, -0.15) is 0 Å². The van der Waals surface area contributed by atoms with Crippen LogP contribution in [0.5, 0.6) is 5.75 Å². The molecule has 1 atom stereocenters. The first-order chi connectivity index (χ1) is 14.3. The van der Waals surface area contributed by atoms with Crippen LogP contribution < -0.4 is 10.1 Å². The Labute approximate surface area is 187 Å². The smallest absolute Gasteiger partial charge is 0.308 e. The number of carbonyl (C=O) groups is 3. The lowest BCUT2D eigenvalue weighted by molar-refractivity contribution is -0.152. The van der Waals surface area contributed by atoms with E-state index in [2.05, 4.69) is 5.32 Å². The van der Waals surface area contributed by atoms with E-state index in [0.29, 0.717) is 47.8 Å². The molecule has 1 fully saturated rings. The fraction of sp³-hybridized carbons (Fsp3) is 0.571. The van der Waals surface area contributed by atoms with Crippen LogP contribution >= 0.6 is 23.2 Å². The van der Waals surface area contributed by atoms with Crippen molar-refractivity contribution >= 4 is 41.0 Å². The third-order valence-electron chi connectivity index (χ3n) is 4.66. The molecule has 1 saturated heterocycles. The summed E-state index contributed by atoms with van der Waals surface area (Å²) in [7, 11) is 0. The van der Waals surface area contributed by atoms with Gasteiger partial charge in [0.25, 0.3) is 0 Å². The van der Waals surface area contributed by atoms with Gasteiger partial charge in [0, 0.05) is 24.5 Å². The minimum absolute atomic E-state index is 0.146. The monoisotopic (exact) mass is 458 g/mol. The van der Waals surface area contributed by atoms with Crippen LogP contribution in [0.15, 0.2) is 18.2 Å². The summed E-state index contributed by atoms with van der Waals surface area (Å²) in [4.78, 5) is 38.5. The maximum absolute atomic E-state index is 12.7. The van der Waals surface area contributed by atoms with Gasteiger partial charge < -0.3 is 19.7 Å². The molecule has 0 saturated carbocycles. The molecule has 2 amide bonds. The van der Waals surface area contributed by atoms with Gasteiger partial charge in [-0.1, -0.05) is 37.0 Å². The van der Waals surface area contributed by atoms with Crippen LogP contribution in [0.3, 0.4) is 0 Å². The molecule has 1 aliphatic rings. The van der Waals surface area contributed by atoms with Gasteiger partial charge in [0.2, 0.25) is 11.8 Å². The van der Waals surface area contributed by atoms with Crippen LogP contribution in [0.1, 0.15) is 39.5 Å². The topological polar surface area (TPSA) is 84.9 Å². The molecule has 9 heteroatoms. The molecule has 1 aromatic rings. The van der Waals surface area contributed by atoms with E-state index in [1.54, 1.807) is 18.2 Å². The number of hydrogen-bond acceptors (Lipinski definition) is 5. The molecule has 0 aromatic heterocycles. The summed E-state index contributed by atoms with van der Waals surface area (Å²) in [6.45, 7) is 5.39. The van der Waals surface area contributed by atoms with E-state index in [-0.39, 0.29) is 31.3 Å². The number of halogens is 2. The standard InChI is InChI=1S/C21H28Cl2N2O5/c1-14(2)7-11-30-20(27)13-17-21(28)24-8-9-25(17)19(26)4-3-10-29-18-6-5-15(22)12-16(18)23/h5-6,12,14,17H,3-4,7-11,13H2,1-2H3,(H,24,28). The Balaban J connectivity index is 1.82. The van der Waals surface area contributed by atoms with Crippen molar-refractivity contribution in [1.29, 1.82) is 0 Å². The zero-order valence-corrected chi connectivity index (χ0v) is 18.8. The Hall–Kier alpha value is -1.99. The molecule has 1 heterocycles. The first kappa shape index (κ1) is 24.3. The average molecular weight is 459 g/mol. The maximum Gasteiger partial charge on any atom is 0.308 e. The van der Waals surface area contributed by atoms with Crippen molar-refractivity contribution in [3.63, 3.8) is 0 Å². The molecule has 2 rings (SSSR count). The largest absolute Gasteiger partial charge is 0.492 e. The second-order valence-electron chi connectivity index (χ2n) is 7.53. The highest BCUT2D eigenvalue weighted by atomic mass is 35.5. The molecule has 1 aliphatic heterocycles. The Morgan fingerprint density at radius 1 is 1.27 bits per heavy atom. The van der Waals surface area contributed by atoms with Crippen molar-refractivity contribution in [2.75, 3.05) is 26.3 Å². The van der Waals surface area contributed by atoms with E-state index < -0.39 is 12.0 Å². The normalized spacial score (nSPS) is 16.4. The molecule has 0 radical (unpaired) electrons. The number of nitrogens with one attached hydrogen (secondary N) is 1. The summed E-state index contributed by atoms with van der Waals surface area (Å²) >= 11 is 11.9. The summed E-state index contributed by atoms with van der Waals surface area (Å²) in [6, 6.07) is 4.08. The van der Waals surface area contributed by atoms with E-state index in [0.717, 1.165) is 6.42 Å². The predicted octanol–water partition coefficient (Wildman–Crippen LogP) is 3.46. The number of hydrogen-bond donors (Lipinski definition) is 1. The summed E-state index contributed by atoms with van der Waals surface area (Å²) in [5.41, 5.74) is 0.